The number of benzene rings is 1. The molecular formula is C34H52F3N5O6Pt. The van der Waals surface area contributed by atoms with Gasteiger partial charge < -0.3 is 37.2 Å². The first kappa shape index (κ1) is 54.5. The molecule has 0 aliphatic carbocycles. The largest absolute Gasteiger partial charge is 0.490 e. The fraction of sp³-hybridized carbons (Fsp3) is 0.382. The molecule has 49 heavy (non-hydrogen) atoms. The van der Waals surface area contributed by atoms with Crippen molar-refractivity contribution in [3.05, 3.63) is 96.9 Å². The second-order valence-corrected chi connectivity index (χ2v) is 8.80. The molecule has 1 aromatic carbocycles. The minimum atomic E-state index is -5.08. The third kappa shape index (κ3) is 44.0. The number of rotatable bonds is 13. The summed E-state index contributed by atoms with van der Waals surface area (Å²) in [5, 5.41) is 9.94. The number of aliphatic carboxylic acids is 1. The van der Waals surface area contributed by atoms with Gasteiger partial charge in [-0.25, -0.2) is 4.79 Å². The molecule has 0 saturated carbocycles. The van der Waals surface area contributed by atoms with Gasteiger partial charge in [0.15, 0.2) is 0 Å². The quantitative estimate of drug-likeness (QED) is 0.0819. The van der Waals surface area contributed by atoms with Crippen molar-refractivity contribution in [2.24, 2.45) is 17.2 Å². The number of pyridine rings is 1. The second-order valence-electron chi connectivity index (χ2n) is 8.80. The van der Waals surface area contributed by atoms with E-state index in [2.05, 4.69) is 23.5 Å². The average Bonchev–Trinajstić information content (AvgIpc) is 3.07. The summed E-state index contributed by atoms with van der Waals surface area (Å²) in [4.78, 5) is 43.7. The van der Waals surface area contributed by atoms with E-state index in [0.29, 0.717) is 32.7 Å². The first-order chi connectivity index (χ1) is 22.7. The number of aromatic nitrogens is 1. The van der Waals surface area contributed by atoms with Crippen LogP contribution in [-0.2, 0) is 51.4 Å². The van der Waals surface area contributed by atoms with Crippen LogP contribution in [0.4, 0.5) is 13.2 Å². The molecule has 0 spiro atoms. The number of carboxylic acids is 1. The number of carbonyl (C=O) groups is 4. The van der Waals surface area contributed by atoms with Gasteiger partial charge in [-0.05, 0) is 49.2 Å². The Morgan fingerprint density at radius 1 is 0.980 bits per heavy atom. The molecule has 2 aromatic rings. The zero-order chi connectivity index (χ0) is 37.8. The molecule has 1 aromatic heterocycles. The van der Waals surface area contributed by atoms with E-state index in [1.807, 2.05) is 75.4 Å². The molecule has 8 N–H and O–H groups in total. The first-order valence-corrected chi connectivity index (χ1v) is 14.8. The number of halogens is 3. The number of esters is 1. The Morgan fingerprint density at radius 2 is 1.49 bits per heavy atom. The first-order valence-electron chi connectivity index (χ1n) is 14.8. The zero-order valence-corrected chi connectivity index (χ0v) is 30.9. The molecule has 1 heterocycles. The number of allylic oxidation sites excluding steroid dienone is 4. The van der Waals surface area contributed by atoms with Crippen LogP contribution in [0.5, 0.6) is 0 Å². The van der Waals surface area contributed by atoms with Gasteiger partial charge in [0.25, 0.3) is 0 Å². The summed E-state index contributed by atoms with van der Waals surface area (Å²) in [5.74, 6) is -3.63. The van der Waals surface area contributed by atoms with Crippen LogP contribution in [0.1, 0.15) is 51.2 Å². The predicted octanol–water partition coefficient (Wildman–Crippen LogP) is 4.62. The number of primary amides is 1. The third-order valence-corrected chi connectivity index (χ3v) is 4.61. The van der Waals surface area contributed by atoms with E-state index in [1.54, 1.807) is 19.4 Å². The van der Waals surface area contributed by atoms with Crippen LogP contribution in [0, 0.1) is 0 Å². The number of nitrogens with one attached hydrogen (secondary N) is 1. The summed E-state index contributed by atoms with van der Waals surface area (Å²) in [6.45, 7) is 15.9. The van der Waals surface area contributed by atoms with Gasteiger partial charge in [0.1, 0.15) is 12.9 Å². The summed E-state index contributed by atoms with van der Waals surface area (Å²) in [6.07, 6.45) is 4.82. The van der Waals surface area contributed by atoms with Gasteiger partial charge in [0, 0.05) is 65.9 Å². The summed E-state index contributed by atoms with van der Waals surface area (Å²) in [7, 11) is 1.76. The van der Waals surface area contributed by atoms with Crippen molar-refractivity contribution >= 4 is 29.7 Å². The fourth-order valence-corrected chi connectivity index (χ4v) is 2.33. The van der Waals surface area contributed by atoms with E-state index in [1.165, 1.54) is 5.56 Å². The number of aryl methyl sites for hydroxylation is 1. The SMILES string of the molecule is C=C(C)/C=C\C(=C)c1ccccc1.CC.CNCCOC(=O)CCC(N)=O.NCCN.O=C(O)C(F)(F)F.O=CCCc1ccncc1.[Pt]. The van der Waals surface area contributed by atoms with Crippen LogP contribution in [0.2, 0.25) is 0 Å². The molecule has 11 nitrogen and oxygen atoms in total. The van der Waals surface area contributed by atoms with E-state index in [-0.39, 0.29) is 39.9 Å². The molecule has 15 heteroatoms. The third-order valence-electron chi connectivity index (χ3n) is 4.61. The minimum Gasteiger partial charge on any atom is -0.475 e. The molecule has 0 saturated heterocycles. The van der Waals surface area contributed by atoms with Crippen molar-refractivity contribution in [3.8, 4) is 0 Å². The van der Waals surface area contributed by atoms with Crippen LogP contribution in [0.3, 0.4) is 0 Å². The second kappa shape index (κ2) is 38.5. The molecule has 0 bridgehead atoms. The van der Waals surface area contributed by atoms with E-state index in [0.717, 1.165) is 29.4 Å². The van der Waals surface area contributed by atoms with Gasteiger partial charge in [0.2, 0.25) is 5.91 Å². The van der Waals surface area contributed by atoms with Crippen molar-refractivity contribution < 1.29 is 63.3 Å². The Hall–Kier alpha value is -3.97. The van der Waals surface area contributed by atoms with E-state index >= 15 is 0 Å². The van der Waals surface area contributed by atoms with E-state index in [4.69, 9.17) is 31.8 Å². The summed E-state index contributed by atoms with van der Waals surface area (Å²) < 4.78 is 36.5. The standard InChI is InChI=1S/C13H14.C8H9NO.C7H14N2O3.C2HF3O2.C2H8N2.C2H6.Pt/c1-11(2)9-10-12(3)13-7-5-4-6-8-13;10-7-1-2-8-3-5-9-6-4-8;1-9-4-5-12-7(11)3-2-6(8)10;3-2(4,5)1(6)7;3-1-2-4;1-2;/h4-10H,1,3H2,2H3;3-7H,1-2H2;9H,2-5H2,1H3,(H2,8,10);(H,6,7);1-4H2;1-2H3;/b10-9-;;;;;;. The molecule has 0 unspecified atom stereocenters. The molecule has 0 fully saturated rings. The maximum atomic E-state index is 10.8. The molecule has 2 rings (SSSR count). The fourth-order valence-electron chi connectivity index (χ4n) is 2.33. The maximum absolute atomic E-state index is 10.8. The Labute approximate surface area is 302 Å². The van der Waals surface area contributed by atoms with Crippen molar-refractivity contribution in [1.29, 1.82) is 0 Å². The van der Waals surface area contributed by atoms with Crippen LogP contribution >= 0.6 is 0 Å². The van der Waals surface area contributed by atoms with Crippen LogP contribution < -0.4 is 22.5 Å². The number of carboxylic acid groups (broad SMARTS) is 1. The number of hydrogen-bond acceptors (Lipinski definition) is 9. The molecule has 0 aliphatic rings. The monoisotopic (exact) mass is 878 g/mol. The predicted molar refractivity (Wildman–Crippen MR) is 185 cm³/mol. The Bertz CT molecular complexity index is 1170. The van der Waals surface area contributed by atoms with E-state index < -0.39 is 18.1 Å². The van der Waals surface area contributed by atoms with Crippen LogP contribution in [-0.4, -0.2) is 73.7 Å². The maximum Gasteiger partial charge on any atom is 0.490 e. The van der Waals surface area contributed by atoms with Gasteiger partial charge in [-0.15, -0.1) is 0 Å². The van der Waals surface area contributed by atoms with Gasteiger partial charge >= 0.3 is 18.1 Å². The zero-order valence-electron chi connectivity index (χ0n) is 28.6. The minimum absolute atomic E-state index is 0. The topological polar surface area (TPSA) is 201 Å². The van der Waals surface area contributed by atoms with Gasteiger partial charge in [-0.2, -0.15) is 13.2 Å². The number of nitrogens with zero attached hydrogens (tertiary/aromatic N) is 1. The number of likely N-dealkylation sites (N-methyl/N-ethyl adjacent to an activating group) is 1. The van der Waals surface area contributed by atoms with Crippen molar-refractivity contribution in [2.45, 2.75) is 52.6 Å². The Balaban J connectivity index is -0.000000168. The number of alkyl halides is 3. The van der Waals surface area contributed by atoms with Crippen molar-refractivity contribution in [1.82, 2.24) is 10.3 Å². The molecule has 0 atom stereocenters. The summed E-state index contributed by atoms with van der Waals surface area (Å²) in [5.41, 5.74) is 19.0. The molecule has 280 valence electrons. The number of ether oxygens (including phenoxy) is 1. The van der Waals surface area contributed by atoms with Gasteiger partial charge in [0.05, 0.1) is 6.42 Å². The molecule has 0 radical (unpaired) electrons. The van der Waals surface area contributed by atoms with Crippen molar-refractivity contribution in [2.75, 3.05) is 33.3 Å². The smallest absolute Gasteiger partial charge is 0.475 e. The Kier molecular flexibility index (Phi) is 42.8. The molecular weight excluding hydrogens is 826 g/mol. The van der Waals surface area contributed by atoms with Gasteiger partial charge in [-0.1, -0.05) is 75.1 Å². The summed E-state index contributed by atoms with van der Waals surface area (Å²) >= 11 is 0. The van der Waals surface area contributed by atoms with E-state index in [9.17, 15) is 27.6 Å². The normalized spacial score (nSPS) is 9.24. The Morgan fingerprint density at radius 3 is 1.88 bits per heavy atom. The molecule has 1 amide bonds. The summed E-state index contributed by atoms with van der Waals surface area (Å²) in [6, 6.07) is 14.0. The van der Waals surface area contributed by atoms with Crippen LogP contribution in [0.15, 0.2) is 85.7 Å². The number of nitrogens with two attached hydrogens (primary N) is 3. The van der Waals surface area contributed by atoms with Crippen LogP contribution in [0.25, 0.3) is 5.57 Å². The number of amides is 1. The number of aldehydes is 1. The average molecular weight is 879 g/mol. The van der Waals surface area contributed by atoms with Gasteiger partial charge in [-0.3, -0.25) is 14.6 Å². The van der Waals surface area contributed by atoms with Crippen molar-refractivity contribution in [3.63, 3.8) is 0 Å². The number of carbonyl (C=O) groups excluding carboxylic acids is 3. The molecule has 0 aliphatic heterocycles. The number of hydrogen-bond donors (Lipinski definition) is 5.